The Labute approximate surface area is 107 Å². The van der Waals surface area contributed by atoms with Crippen molar-refractivity contribution >= 4 is 12.0 Å². The molecule has 2 N–H and O–H groups in total. The van der Waals surface area contributed by atoms with Crippen LogP contribution in [0.2, 0.25) is 0 Å². The van der Waals surface area contributed by atoms with Gasteiger partial charge in [0.1, 0.15) is 0 Å². The lowest BCUT2D eigenvalue weighted by Gasteiger charge is -2.32. The van der Waals surface area contributed by atoms with Crippen molar-refractivity contribution in [1.82, 2.24) is 10.2 Å². The van der Waals surface area contributed by atoms with E-state index in [2.05, 4.69) is 5.32 Å². The number of hydrogen-bond donors (Lipinski definition) is 2. The molecule has 1 aliphatic heterocycles. The molecule has 0 aromatic rings. The van der Waals surface area contributed by atoms with Crippen molar-refractivity contribution < 1.29 is 19.4 Å². The molecule has 1 saturated heterocycles. The third kappa shape index (κ3) is 3.87. The van der Waals surface area contributed by atoms with Crippen molar-refractivity contribution in [2.75, 3.05) is 20.2 Å². The third-order valence-electron chi connectivity index (χ3n) is 3.36. The van der Waals surface area contributed by atoms with Gasteiger partial charge in [0.2, 0.25) is 0 Å². The van der Waals surface area contributed by atoms with Crippen LogP contribution in [-0.4, -0.2) is 53.8 Å². The van der Waals surface area contributed by atoms with Gasteiger partial charge < -0.3 is 20.1 Å². The summed E-state index contributed by atoms with van der Waals surface area (Å²) in [5.41, 5.74) is -0.126. The molecule has 1 aliphatic rings. The standard InChI is InChI=1S/C12H22N2O4/c1-12(2)5-4-6-14(12)11(17)13-8-9(18-3)7-10(15)16/h9H,4-8H2,1-3H3,(H,13,17)(H,15,16). The lowest BCUT2D eigenvalue weighted by molar-refractivity contribution is -0.139. The van der Waals surface area contributed by atoms with Crippen LogP contribution >= 0.6 is 0 Å². The average molecular weight is 258 g/mol. The number of carbonyl (C=O) groups is 2. The molecule has 1 atom stereocenters. The monoisotopic (exact) mass is 258 g/mol. The Hall–Kier alpha value is -1.30. The van der Waals surface area contributed by atoms with Crippen LogP contribution in [-0.2, 0) is 9.53 Å². The minimum atomic E-state index is -0.933. The minimum Gasteiger partial charge on any atom is -0.481 e. The first-order chi connectivity index (χ1) is 8.36. The van der Waals surface area contributed by atoms with Crippen LogP contribution in [0.15, 0.2) is 0 Å². The Kier molecular flexibility index (Phi) is 4.95. The Balaban J connectivity index is 2.42. The lowest BCUT2D eigenvalue weighted by Crippen LogP contribution is -2.49. The summed E-state index contributed by atoms with van der Waals surface area (Å²) in [7, 11) is 1.44. The summed E-state index contributed by atoms with van der Waals surface area (Å²) in [5, 5.41) is 11.4. The van der Waals surface area contributed by atoms with Gasteiger partial charge in [-0.25, -0.2) is 4.79 Å². The van der Waals surface area contributed by atoms with Crippen LogP contribution in [0.3, 0.4) is 0 Å². The maximum absolute atomic E-state index is 12.0. The summed E-state index contributed by atoms with van der Waals surface area (Å²) in [6, 6.07) is -0.148. The van der Waals surface area contributed by atoms with Gasteiger partial charge in [-0.2, -0.15) is 0 Å². The Morgan fingerprint density at radius 3 is 2.61 bits per heavy atom. The number of carboxylic acid groups (broad SMARTS) is 1. The molecule has 0 aromatic heterocycles. The van der Waals surface area contributed by atoms with Crippen molar-refractivity contribution in [3.8, 4) is 0 Å². The topological polar surface area (TPSA) is 78.9 Å². The van der Waals surface area contributed by atoms with E-state index < -0.39 is 12.1 Å². The summed E-state index contributed by atoms with van der Waals surface area (Å²) >= 11 is 0. The van der Waals surface area contributed by atoms with Gasteiger partial charge in [-0.05, 0) is 26.7 Å². The second kappa shape index (κ2) is 6.04. The van der Waals surface area contributed by atoms with Crippen LogP contribution in [0.1, 0.15) is 33.1 Å². The fourth-order valence-corrected chi connectivity index (χ4v) is 2.21. The van der Waals surface area contributed by atoms with E-state index in [0.717, 1.165) is 19.4 Å². The van der Waals surface area contributed by atoms with Gasteiger partial charge in [-0.1, -0.05) is 0 Å². The maximum atomic E-state index is 12.0. The van der Waals surface area contributed by atoms with E-state index >= 15 is 0 Å². The highest BCUT2D eigenvalue weighted by molar-refractivity contribution is 5.75. The zero-order valence-corrected chi connectivity index (χ0v) is 11.2. The number of nitrogens with zero attached hydrogens (tertiary/aromatic N) is 1. The molecule has 0 bridgehead atoms. The van der Waals surface area contributed by atoms with E-state index in [-0.39, 0.29) is 24.5 Å². The lowest BCUT2D eigenvalue weighted by atomic mass is 10.0. The van der Waals surface area contributed by atoms with Crippen LogP contribution < -0.4 is 5.32 Å². The van der Waals surface area contributed by atoms with E-state index in [9.17, 15) is 9.59 Å². The molecule has 1 rings (SSSR count). The van der Waals surface area contributed by atoms with E-state index in [0.29, 0.717) is 0 Å². The fraction of sp³-hybridized carbons (Fsp3) is 0.833. The summed E-state index contributed by atoms with van der Waals surface area (Å²) in [6.07, 6.45) is 1.39. The number of amides is 2. The molecular weight excluding hydrogens is 236 g/mol. The zero-order chi connectivity index (χ0) is 13.8. The Bertz CT molecular complexity index is 317. The van der Waals surface area contributed by atoms with Crippen molar-refractivity contribution in [1.29, 1.82) is 0 Å². The number of carboxylic acids is 1. The smallest absolute Gasteiger partial charge is 0.317 e. The second-order valence-electron chi connectivity index (χ2n) is 5.21. The summed E-state index contributed by atoms with van der Waals surface area (Å²) < 4.78 is 5.01. The predicted octanol–water partition coefficient (Wildman–Crippen LogP) is 1.06. The largest absolute Gasteiger partial charge is 0.481 e. The summed E-state index contributed by atoms with van der Waals surface area (Å²) in [5.74, 6) is -0.933. The zero-order valence-electron chi connectivity index (χ0n) is 11.2. The van der Waals surface area contributed by atoms with Gasteiger partial charge >= 0.3 is 12.0 Å². The highest BCUT2D eigenvalue weighted by Gasteiger charge is 2.35. The van der Waals surface area contributed by atoms with Crippen LogP contribution in [0.25, 0.3) is 0 Å². The van der Waals surface area contributed by atoms with E-state index in [4.69, 9.17) is 9.84 Å². The number of ether oxygens (including phenoxy) is 1. The SMILES string of the molecule is COC(CNC(=O)N1CCCC1(C)C)CC(=O)O. The molecule has 1 unspecified atom stereocenters. The van der Waals surface area contributed by atoms with Crippen molar-refractivity contribution in [3.05, 3.63) is 0 Å². The number of hydrogen-bond acceptors (Lipinski definition) is 3. The fourth-order valence-electron chi connectivity index (χ4n) is 2.21. The molecule has 0 spiro atoms. The molecule has 0 saturated carbocycles. The quantitative estimate of drug-likeness (QED) is 0.773. The number of nitrogens with one attached hydrogen (secondary N) is 1. The van der Waals surface area contributed by atoms with Crippen molar-refractivity contribution in [2.24, 2.45) is 0 Å². The molecule has 1 fully saturated rings. The van der Waals surface area contributed by atoms with E-state index in [1.807, 2.05) is 13.8 Å². The highest BCUT2D eigenvalue weighted by atomic mass is 16.5. The number of carbonyl (C=O) groups excluding carboxylic acids is 1. The van der Waals surface area contributed by atoms with E-state index in [1.165, 1.54) is 7.11 Å². The normalized spacial score (nSPS) is 19.6. The number of rotatable bonds is 5. The maximum Gasteiger partial charge on any atom is 0.317 e. The second-order valence-corrected chi connectivity index (χ2v) is 5.21. The molecule has 2 amide bonds. The molecule has 1 heterocycles. The number of methoxy groups -OCH3 is 1. The molecule has 0 radical (unpaired) electrons. The van der Waals surface area contributed by atoms with E-state index in [1.54, 1.807) is 4.90 Å². The van der Waals surface area contributed by atoms with Crippen molar-refractivity contribution in [2.45, 2.75) is 44.8 Å². The summed E-state index contributed by atoms with van der Waals surface area (Å²) in [4.78, 5) is 24.3. The van der Waals surface area contributed by atoms with Gasteiger partial charge in [-0.15, -0.1) is 0 Å². The van der Waals surface area contributed by atoms with Crippen LogP contribution in [0.5, 0.6) is 0 Å². The molecule has 6 nitrogen and oxygen atoms in total. The Morgan fingerprint density at radius 1 is 1.50 bits per heavy atom. The van der Waals surface area contributed by atoms with Crippen LogP contribution in [0.4, 0.5) is 4.79 Å². The van der Waals surface area contributed by atoms with Crippen LogP contribution in [0, 0.1) is 0 Å². The first-order valence-electron chi connectivity index (χ1n) is 6.17. The third-order valence-corrected chi connectivity index (χ3v) is 3.36. The molecule has 18 heavy (non-hydrogen) atoms. The number of urea groups is 1. The number of likely N-dealkylation sites (tertiary alicyclic amines) is 1. The first kappa shape index (κ1) is 14.8. The molecule has 0 aliphatic carbocycles. The van der Waals surface area contributed by atoms with Gasteiger partial charge in [0.15, 0.2) is 0 Å². The molecule has 104 valence electrons. The Morgan fingerprint density at radius 2 is 2.17 bits per heavy atom. The number of aliphatic carboxylic acids is 1. The van der Waals surface area contributed by atoms with Crippen molar-refractivity contribution in [3.63, 3.8) is 0 Å². The highest BCUT2D eigenvalue weighted by Crippen LogP contribution is 2.27. The molecule has 0 aromatic carbocycles. The van der Waals surface area contributed by atoms with Gasteiger partial charge in [0.05, 0.1) is 12.5 Å². The predicted molar refractivity (Wildman–Crippen MR) is 66.5 cm³/mol. The van der Waals surface area contributed by atoms with Gasteiger partial charge in [-0.3, -0.25) is 4.79 Å². The first-order valence-corrected chi connectivity index (χ1v) is 6.17. The minimum absolute atomic E-state index is 0.111. The van der Waals surface area contributed by atoms with Gasteiger partial charge in [0.25, 0.3) is 0 Å². The average Bonchev–Trinajstić information content (AvgIpc) is 2.63. The molecular formula is C12H22N2O4. The molecule has 6 heteroatoms. The van der Waals surface area contributed by atoms with Gasteiger partial charge in [0, 0.05) is 25.7 Å². The summed E-state index contributed by atoms with van der Waals surface area (Å²) in [6.45, 7) is 5.03.